The highest BCUT2D eigenvalue weighted by molar-refractivity contribution is 7.94. The summed E-state index contributed by atoms with van der Waals surface area (Å²) in [6, 6.07) is 20.5. The van der Waals surface area contributed by atoms with Gasteiger partial charge in [0.15, 0.2) is 9.84 Å². The van der Waals surface area contributed by atoms with Crippen molar-refractivity contribution in [3.8, 4) is 5.69 Å². The molecular weight excluding hydrogens is 502 g/mol. The Morgan fingerprint density at radius 2 is 1.71 bits per heavy atom. The van der Waals surface area contributed by atoms with Crippen molar-refractivity contribution in [2.45, 2.75) is 51.9 Å². The first-order valence-electron chi connectivity index (χ1n) is 12.5. The Morgan fingerprint density at radius 3 is 2.34 bits per heavy atom. The quantitative estimate of drug-likeness (QED) is 0.462. The van der Waals surface area contributed by atoms with E-state index in [0.29, 0.717) is 13.1 Å². The molecule has 1 atom stereocenters. The Morgan fingerprint density at radius 1 is 1.00 bits per heavy atom. The van der Waals surface area contributed by atoms with Gasteiger partial charge >= 0.3 is 6.09 Å². The van der Waals surface area contributed by atoms with Crippen LogP contribution in [0.4, 0.5) is 4.79 Å². The van der Waals surface area contributed by atoms with Crippen molar-refractivity contribution < 1.29 is 22.7 Å². The van der Waals surface area contributed by atoms with Gasteiger partial charge in [-0.25, -0.2) is 13.2 Å². The van der Waals surface area contributed by atoms with Gasteiger partial charge in [0.1, 0.15) is 5.60 Å². The summed E-state index contributed by atoms with van der Waals surface area (Å²) in [5.74, 6) is -0.241. The number of benzene rings is 2. The van der Waals surface area contributed by atoms with Crippen LogP contribution in [-0.4, -0.2) is 47.3 Å². The zero-order valence-corrected chi connectivity index (χ0v) is 22.6. The maximum Gasteiger partial charge on any atom is 0.407 e. The number of hydrogen-bond donors (Lipinski definition) is 1. The van der Waals surface area contributed by atoms with E-state index in [9.17, 15) is 18.0 Å². The van der Waals surface area contributed by atoms with Crippen LogP contribution in [0.5, 0.6) is 0 Å². The molecule has 200 valence electrons. The Bertz CT molecular complexity index is 1400. The molecule has 0 saturated carbocycles. The molecule has 1 aliphatic heterocycles. The normalized spacial score (nSPS) is 16.2. The van der Waals surface area contributed by atoms with Gasteiger partial charge in [-0.15, -0.1) is 0 Å². The van der Waals surface area contributed by atoms with Gasteiger partial charge in [-0.3, -0.25) is 4.79 Å². The van der Waals surface area contributed by atoms with Gasteiger partial charge in [0.05, 0.1) is 24.8 Å². The number of amides is 2. The van der Waals surface area contributed by atoms with Crippen LogP contribution in [0.1, 0.15) is 37.6 Å². The monoisotopic (exact) mass is 535 g/mol. The van der Waals surface area contributed by atoms with Crippen molar-refractivity contribution in [2.24, 2.45) is 0 Å². The topological polar surface area (TPSA) is 97.7 Å². The number of nitrogens with zero attached hydrogens (tertiary/aromatic N) is 2. The van der Waals surface area contributed by atoms with Crippen molar-refractivity contribution in [1.82, 2.24) is 14.8 Å². The smallest absolute Gasteiger partial charge is 0.407 e. The third-order valence-electron chi connectivity index (χ3n) is 6.04. The molecule has 1 aliphatic rings. The van der Waals surface area contributed by atoms with Crippen LogP contribution in [0.3, 0.4) is 0 Å². The van der Waals surface area contributed by atoms with E-state index in [-0.39, 0.29) is 18.1 Å². The Labute approximate surface area is 223 Å². The van der Waals surface area contributed by atoms with Crippen molar-refractivity contribution in [3.05, 3.63) is 101 Å². The fraction of sp³-hybridized carbons (Fsp3) is 0.310. The van der Waals surface area contributed by atoms with E-state index in [1.54, 1.807) is 11.0 Å². The number of aromatic nitrogens is 1. The van der Waals surface area contributed by atoms with Crippen LogP contribution in [0, 0.1) is 0 Å². The summed E-state index contributed by atoms with van der Waals surface area (Å²) in [5, 5.41) is 3.97. The zero-order chi connectivity index (χ0) is 27.3. The molecule has 0 spiro atoms. The van der Waals surface area contributed by atoms with Gasteiger partial charge in [0.2, 0.25) is 5.91 Å². The molecule has 1 aromatic heterocycles. The van der Waals surface area contributed by atoms with E-state index >= 15 is 0 Å². The van der Waals surface area contributed by atoms with Crippen LogP contribution in [0.2, 0.25) is 0 Å². The number of sulfone groups is 1. The number of carbonyl (C=O) groups excluding carboxylic acids is 2. The molecule has 3 aromatic rings. The molecule has 0 aliphatic carbocycles. The minimum Gasteiger partial charge on any atom is -0.444 e. The summed E-state index contributed by atoms with van der Waals surface area (Å²) < 4.78 is 31.4. The average Bonchev–Trinajstić information content (AvgIpc) is 3.47. The van der Waals surface area contributed by atoms with Gasteiger partial charge < -0.3 is 19.5 Å². The number of ether oxygens (including phenoxy) is 1. The third-order valence-corrected chi connectivity index (χ3v) is 7.42. The number of alkyl carbamates (subject to hydrolysis) is 1. The maximum atomic E-state index is 13.4. The van der Waals surface area contributed by atoms with E-state index in [1.807, 2.05) is 98.3 Å². The summed E-state index contributed by atoms with van der Waals surface area (Å²) in [6.07, 6.45) is 3.17. The molecule has 0 bridgehead atoms. The molecule has 8 nitrogen and oxygen atoms in total. The van der Waals surface area contributed by atoms with Crippen LogP contribution >= 0.6 is 0 Å². The molecule has 0 fully saturated rings. The number of nitrogens with one attached hydrogen (secondary N) is 1. The summed E-state index contributed by atoms with van der Waals surface area (Å²) in [5.41, 5.74) is 2.95. The lowest BCUT2D eigenvalue weighted by Crippen LogP contribution is -2.41. The molecule has 0 radical (unpaired) electrons. The Hall–Kier alpha value is -3.85. The van der Waals surface area contributed by atoms with Crippen LogP contribution < -0.4 is 5.32 Å². The Balaban J connectivity index is 1.44. The molecule has 38 heavy (non-hydrogen) atoms. The maximum absolute atomic E-state index is 13.4. The molecule has 9 heteroatoms. The van der Waals surface area contributed by atoms with Gasteiger partial charge in [-0.1, -0.05) is 42.5 Å². The van der Waals surface area contributed by atoms with Gasteiger partial charge in [0.25, 0.3) is 0 Å². The lowest BCUT2D eigenvalue weighted by molar-refractivity contribution is -0.132. The highest BCUT2D eigenvalue weighted by atomic mass is 32.2. The third kappa shape index (κ3) is 7.35. The molecule has 0 saturated heterocycles. The predicted molar refractivity (Wildman–Crippen MR) is 146 cm³/mol. The lowest BCUT2D eigenvalue weighted by Gasteiger charge is -2.28. The lowest BCUT2D eigenvalue weighted by atomic mass is 10.1. The average molecular weight is 536 g/mol. The van der Waals surface area contributed by atoms with Gasteiger partial charge in [-0.05, 0) is 62.2 Å². The van der Waals surface area contributed by atoms with Crippen molar-refractivity contribution in [1.29, 1.82) is 0 Å². The molecule has 2 aromatic carbocycles. The molecule has 1 unspecified atom stereocenters. The Kier molecular flexibility index (Phi) is 8.06. The van der Waals surface area contributed by atoms with Crippen molar-refractivity contribution in [3.63, 3.8) is 0 Å². The van der Waals surface area contributed by atoms with Crippen LogP contribution in [0.15, 0.2) is 84.4 Å². The second-order valence-electron chi connectivity index (χ2n) is 10.3. The number of hydrogen-bond acceptors (Lipinski definition) is 5. The fourth-order valence-electron chi connectivity index (χ4n) is 4.26. The molecular formula is C29H33N3O5S. The molecule has 2 heterocycles. The van der Waals surface area contributed by atoms with Crippen LogP contribution in [0.25, 0.3) is 5.69 Å². The minimum atomic E-state index is -3.30. The van der Waals surface area contributed by atoms with Crippen molar-refractivity contribution >= 4 is 21.8 Å². The number of carbonyl (C=O) groups is 2. The van der Waals surface area contributed by atoms with Crippen molar-refractivity contribution in [2.75, 3.05) is 5.75 Å². The first-order valence-corrected chi connectivity index (χ1v) is 14.2. The largest absolute Gasteiger partial charge is 0.444 e. The summed E-state index contributed by atoms with van der Waals surface area (Å²) in [6.45, 7) is 6.08. The van der Waals surface area contributed by atoms with Gasteiger partial charge in [0, 0.05) is 29.5 Å². The molecule has 1 N–H and O–H groups in total. The summed E-state index contributed by atoms with van der Waals surface area (Å²) in [4.78, 5) is 27.0. The number of rotatable bonds is 8. The highest BCUT2D eigenvalue weighted by Crippen LogP contribution is 2.20. The second-order valence-corrected chi connectivity index (χ2v) is 12.2. The first kappa shape index (κ1) is 27.2. The van der Waals surface area contributed by atoms with E-state index < -0.39 is 27.6 Å². The fourth-order valence-corrected chi connectivity index (χ4v) is 5.56. The summed E-state index contributed by atoms with van der Waals surface area (Å²) >= 11 is 0. The first-order chi connectivity index (χ1) is 18.0. The second kappa shape index (κ2) is 11.3. The molecule has 2 amide bonds. The predicted octanol–water partition coefficient (Wildman–Crippen LogP) is 4.38. The SMILES string of the molecule is CC(C)(C)OC(=O)NCc1cccn1-c1ccc(CC(=O)N(Cc2ccccc2)C2C=CS(=O)(=O)C2)cc1. The minimum absolute atomic E-state index is 0.0990. The van der Waals surface area contributed by atoms with Crippen LogP contribution in [-0.2, 0) is 38.9 Å². The summed E-state index contributed by atoms with van der Waals surface area (Å²) in [7, 11) is -3.30. The highest BCUT2D eigenvalue weighted by Gasteiger charge is 2.30. The van der Waals surface area contributed by atoms with Gasteiger partial charge in [-0.2, -0.15) is 0 Å². The van der Waals surface area contributed by atoms with E-state index in [2.05, 4.69) is 5.32 Å². The zero-order valence-electron chi connectivity index (χ0n) is 21.8. The standard InChI is InChI=1S/C29H33N3O5S/c1-29(2,3)37-28(34)30-19-25-10-7-16-31(25)24-13-11-22(12-14-24)18-27(33)32(20-23-8-5-4-6-9-23)26-15-17-38(35,36)21-26/h4-17,26H,18-21H2,1-3H3,(H,30,34). The van der Waals surface area contributed by atoms with E-state index in [4.69, 9.17) is 4.74 Å². The molecule has 4 rings (SSSR count). The van der Waals surface area contributed by atoms with E-state index in [1.165, 1.54) is 5.41 Å². The van der Waals surface area contributed by atoms with E-state index in [0.717, 1.165) is 22.5 Å².